The molecule has 1 spiro atoms. The third kappa shape index (κ3) is 4.58. The Morgan fingerprint density at radius 3 is 2.38 bits per heavy atom. The summed E-state index contributed by atoms with van der Waals surface area (Å²) in [6, 6.07) is 0. The van der Waals surface area contributed by atoms with Crippen molar-refractivity contribution in [3.05, 3.63) is 0 Å². The summed E-state index contributed by atoms with van der Waals surface area (Å²) in [6.45, 7) is 12.1. The molecule has 2 heterocycles. The van der Waals surface area contributed by atoms with Crippen LogP contribution in [-0.4, -0.2) is 67.8 Å². The number of rotatable bonds is 4. The van der Waals surface area contributed by atoms with Crippen molar-refractivity contribution in [2.24, 2.45) is 5.41 Å². The predicted octanol–water partition coefficient (Wildman–Crippen LogP) is 1.93. The van der Waals surface area contributed by atoms with Crippen LogP contribution in [0.2, 0.25) is 0 Å². The van der Waals surface area contributed by atoms with Crippen LogP contribution in [0.5, 0.6) is 0 Å². The Bertz CT molecular complexity index is 349. The van der Waals surface area contributed by atoms with Gasteiger partial charge in [-0.25, -0.2) is 4.79 Å². The lowest BCUT2D eigenvalue weighted by atomic mass is 9.72. The fraction of sp³-hybridized carbons (Fsp3) is 0.938. The van der Waals surface area contributed by atoms with Crippen LogP contribution in [-0.2, 0) is 4.74 Å². The maximum atomic E-state index is 12.0. The van der Waals surface area contributed by atoms with E-state index >= 15 is 0 Å². The molecule has 1 N–H and O–H groups in total. The van der Waals surface area contributed by atoms with Gasteiger partial charge >= 0.3 is 6.09 Å². The van der Waals surface area contributed by atoms with Gasteiger partial charge in [-0.3, -0.25) is 0 Å². The molecule has 2 aliphatic heterocycles. The highest BCUT2D eigenvalue weighted by Gasteiger charge is 2.47. The standard InChI is InChI=1S/C16H31N3O2/c1-15(2,3)21-14(20)19-12-16(13-19)6-10-18(11-7-16)9-5-8-17-4/h17H,5-13H2,1-4H3. The fourth-order valence-corrected chi connectivity index (χ4v) is 3.27. The molecule has 1 amide bonds. The molecule has 2 rings (SSSR count). The van der Waals surface area contributed by atoms with E-state index < -0.39 is 5.60 Å². The first-order chi connectivity index (χ1) is 9.84. The summed E-state index contributed by atoms with van der Waals surface area (Å²) in [7, 11) is 2.00. The van der Waals surface area contributed by atoms with Crippen molar-refractivity contribution < 1.29 is 9.53 Å². The van der Waals surface area contributed by atoms with E-state index in [4.69, 9.17) is 4.74 Å². The fourth-order valence-electron chi connectivity index (χ4n) is 3.27. The van der Waals surface area contributed by atoms with E-state index in [0.29, 0.717) is 5.41 Å². The third-order valence-corrected chi connectivity index (χ3v) is 4.52. The number of carbonyl (C=O) groups excluding carboxylic acids is 1. The smallest absolute Gasteiger partial charge is 0.410 e. The molecule has 2 saturated heterocycles. The van der Waals surface area contributed by atoms with E-state index in [0.717, 1.165) is 19.6 Å². The molecule has 0 saturated carbocycles. The summed E-state index contributed by atoms with van der Waals surface area (Å²) in [5.41, 5.74) is -0.0209. The van der Waals surface area contributed by atoms with Crippen molar-refractivity contribution >= 4 is 6.09 Å². The van der Waals surface area contributed by atoms with Gasteiger partial charge in [-0.2, -0.15) is 0 Å². The molecular weight excluding hydrogens is 266 g/mol. The number of hydrogen-bond donors (Lipinski definition) is 1. The number of piperidine rings is 1. The second kappa shape index (κ2) is 6.53. The Balaban J connectivity index is 1.69. The van der Waals surface area contributed by atoms with Crippen LogP contribution in [0.15, 0.2) is 0 Å². The highest BCUT2D eigenvalue weighted by Crippen LogP contribution is 2.40. The van der Waals surface area contributed by atoms with Crippen LogP contribution in [0.3, 0.4) is 0 Å². The zero-order valence-electron chi connectivity index (χ0n) is 14.1. The molecule has 0 atom stereocenters. The molecule has 0 radical (unpaired) electrons. The molecule has 0 aromatic heterocycles. The van der Waals surface area contributed by atoms with Gasteiger partial charge in [0.1, 0.15) is 5.60 Å². The van der Waals surface area contributed by atoms with E-state index in [1.54, 1.807) is 0 Å². The summed E-state index contributed by atoms with van der Waals surface area (Å²) in [5, 5.41) is 3.20. The number of amides is 1. The second-order valence-corrected chi connectivity index (χ2v) is 7.64. The zero-order chi connectivity index (χ0) is 15.5. The average molecular weight is 297 g/mol. The molecule has 21 heavy (non-hydrogen) atoms. The minimum absolute atomic E-state index is 0.149. The van der Waals surface area contributed by atoms with Gasteiger partial charge in [-0.1, -0.05) is 0 Å². The molecular formula is C16H31N3O2. The maximum absolute atomic E-state index is 12.0. The predicted molar refractivity (Wildman–Crippen MR) is 84.5 cm³/mol. The lowest BCUT2D eigenvalue weighted by molar-refractivity contribution is -0.0592. The van der Waals surface area contributed by atoms with E-state index in [9.17, 15) is 4.79 Å². The molecule has 5 heteroatoms. The highest BCUT2D eigenvalue weighted by molar-refractivity contribution is 5.69. The summed E-state index contributed by atoms with van der Waals surface area (Å²) in [4.78, 5) is 16.4. The normalized spacial score (nSPS) is 22.2. The van der Waals surface area contributed by atoms with Crippen LogP contribution >= 0.6 is 0 Å². The SMILES string of the molecule is CNCCCN1CCC2(CC1)CN(C(=O)OC(C)(C)C)C2. The van der Waals surface area contributed by atoms with Gasteiger partial charge in [-0.15, -0.1) is 0 Å². The van der Waals surface area contributed by atoms with Crippen molar-refractivity contribution in [3.8, 4) is 0 Å². The minimum atomic E-state index is -0.392. The average Bonchev–Trinajstić information content (AvgIpc) is 2.35. The molecule has 2 fully saturated rings. The van der Waals surface area contributed by atoms with Gasteiger partial charge in [0.25, 0.3) is 0 Å². The lowest BCUT2D eigenvalue weighted by Gasteiger charge is -2.53. The molecule has 0 bridgehead atoms. The van der Waals surface area contributed by atoms with Crippen molar-refractivity contribution in [2.45, 2.75) is 45.6 Å². The van der Waals surface area contributed by atoms with E-state index in [-0.39, 0.29) is 6.09 Å². The highest BCUT2D eigenvalue weighted by atomic mass is 16.6. The lowest BCUT2D eigenvalue weighted by Crippen LogP contribution is -2.62. The number of nitrogens with zero attached hydrogens (tertiary/aromatic N) is 2. The molecule has 0 aliphatic carbocycles. The van der Waals surface area contributed by atoms with E-state index in [1.165, 1.54) is 38.9 Å². The first kappa shape index (κ1) is 16.6. The Kier molecular flexibility index (Phi) is 5.15. The largest absolute Gasteiger partial charge is 0.444 e. The van der Waals surface area contributed by atoms with Gasteiger partial charge in [0.15, 0.2) is 0 Å². The molecule has 0 unspecified atom stereocenters. The van der Waals surface area contributed by atoms with Crippen molar-refractivity contribution in [3.63, 3.8) is 0 Å². The van der Waals surface area contributed by atoms with Crippen molar-refractivity contribution in [1.82, 2.24) is 15.1 Å². The summed E-state index contributed by atoms with van der Waals surface area (Å²) in [5.74, 6) is 0. The van der Waals surface area contributed by atoms with E-state index in [2.05, 4.69) is 10.2 Å². The van der Waals surface area contributed by atoms with Gasteiger partial charge < -0.3 is 19.9 Å². The topological polar surface area (TPSA) is 44.8 Å². The number of likely N-dealkylation sites (tertiary alicyclic amines) is 2. The quantitative estimate of drug-likeness (QED) is 0.805. The van der Waals surface area contributed by atoms with Crippen LogP contribution in [0.1, 0.15) is 40.0 Å². The summed E-state index contributed by atoms with van der Waals surface area (Å²) < 4.78 is 5.43. The van der Waals surface area contributed by atoms with Crippen LogP contribution in [0.25, 0.3) is 0 Å². The monoisotopic (exact) mass is 297 g/mol. The van der Waals surface area contributed by atoms with Crippen molar-refractivity contribution in [1.29, 1.82) is 0 Å². The number of nitrogens with one attached hydrogen (secondary N) is 1. The van der Waals surface area contributed by atoms with Gasteiger partial charge in [-0.05, 0) is 73.3 Å². The Hall–Kier alpha value is -0.810. The number of ether oxygens (including phenoxy) is 1. The second-order valence-electron chi connectivity index (χ2n) is 7.64. The van der Waals surface area contributed by atoms with Gasteiger partial charge in [0, 0.05) is 18.5 Å². The van der Waals surface area contributed by atoms with Gasteiger partial charge in [0.2, 0.25) is 0 Å². The first-order valence-corrected chi connectivity index (χ1v) is 8.18. The Morgan fingerprint density at radius 2 is 1.86 bits per heavy atom. The van der Waals surface area contributed by atoms with Gasteiger partial charge in [0.05, 0.1) is 0 Å². The molecule has 122 valence electrons. The number of hydrogen-bond acceptors (Lipinski definition) is 4. The van der Waals surface area contributed by atoms with E-state index in [1.807, 2.05) is 32.7 Å². The Morgan fingerprint density at radius 1 is 1.24 bits per heavy atom. The maximum Gasteiger partial charge on any atom is 0.410 e. The summed E-state index contributed by atoms with van der Waals surface area (Å²) in [6.07, 6.45) is 3.50. The Labute approximate surface area is 129 Å². The molecule has 0 aromatic carbocycles. The van der Waals surface area contributed by atoms with Crippen LogP contribution in [0.4, 0.5) is 4.79 Å². The van der Waals surface area contributed by atoms with Crippen LogP contribution < -0.4 is 5.32 Å². The summed E-state index contributed by atoms with van der Waals surface area (Å²) >= 11 is 0. The molecule has 0 aromatic rings. The number of carbonyl (C=O) groups is 1. The third-order valence-electron chi connectivity index (χ3n) is 4.52. The minimum Gasteiger partial charge on any atom is -0.444 e. The zero-order valence-corrected chi connectivity index (χ0v) is 14.1. The van der Waals surface area contributed by atoms with Crippen molar-refractivity contribution in [2.75, 3.05) is 46.3 Å². The van der Waals surface area contributed by atoms with Crippen LogP contribution in [0, 0.1) is 5.41 Å². The molecule has 5 nitrogen and oxygen atoms in total. The molecule has 2 aliphatic rings. The first-order valence-electron chi connectivity index (χ1n) is 8.18.